The Kier molecular flexibility index (Phi) is 7.07. The van der Waals surface area contributed by atoms with Gasteiger partial charge in [-0.1, -0.05) is 35.9 Å². The van der Waals surface area contributed by atoms with E-state index in [1.165, 1.54) is 21.8 Å². The number of hydrogen-bond acceptors (Lipinski definition) is 5. The number of anilines is 1. The summed E-state index contributed by atoms with van der Waals surface area (Å²) in [4.78, 5) is 32.5. The van der Waals surface area contributed by atoms with Crippen molar-refractivity contribution >= 4 is 28.8 Å². The minimum Gasteiger partial charge on any atom is -0.495 e. The van der Waals surface area contributed by atoms with Gasteiger partial charge in [-0.2, -0.15) is 0 Å². The molecule has 0 unspecified atom stereocenters. The number of nitrogens with zero attached hydrogens (tertiary/aromatic N) is 2. The Balaban J connectivity index is 1.77. The Morgan fingerprint density at radius 1 is 1.13 bits per heavy atom. The predicted molar refractivity (Wildman–Crippen MR) is 125 cm³/mol. The molecule has 31 heavy (non-hydrogen) atoms. The van der Waals surface area contributed by atoms with Crippen LogP contribution in [0.15, 0.2) is 42.5 Å². The molecular weight excluding hydrogens is 410 g/mol. The fourth-order valence-corrected chi connectivity index (χ4v) is 4.47. The van der Waals surface area contributed by atoms with E-state index in [1.807, 2.05) is 52.0 Å². The molecule has 0 aliphatic carbocycles. The van der Waals surface area contributed by atoms with E-state index < -0.39 is 0 Å². The van der Waals surface area contributed by atoms with Crippen LogP contribution in [0.3, 0.4) is 0 Å². The highest BCUT2D eigenvalue weighted by molar-refractivity contribution is 7.17. The van der Waals surface area contributed by atoms with Crippen LogP contribution in [0.5, 0.6) is 5.75 Å². The number of hydrogen-bond donors (Lipinski definition) is 1. The van der Waals surface area contributed by atoms with E-state index >= 15 is 0 Å². The number of amides is 2. The van der Waals surface area contributed by atoms with Crippen LogP contribution >= 0.6 is 11.3 Å². The first kappa shape index (κ1) is 22.5. The fourth-order valence-electron chi connectivity index (χ4n) is 3.35. The van der Waals surface area contributed by atoms with E-state index in [-0.39, 0.29) is 18.4 Å². The van der Waals surface area contributed by atoms with E-state index in [4.69, 9.17) is 4.74 Å². The smallest absolute Gasteiger partial charge is 0.266 e. The molecule has 0 aliphatic heterocycles. The lowest BCUT2D eigenvalue weighted by atomic mass is 10.1. The Hall–Kier alpha value is -3.19. The van der Waals surface area contributed by atoms with Crippen LogP contribution in [-0.4, -0.2) is 41.9 Å². The van der Waals surface area contributed by atoms with Gasteiger partial charge in [-0.15, -0.1) is 11.3 Å². The van der Waals surface area contributed by atoms with Gasteiger partial charge in [0.1, 0.15) is 22.2 Å². The van der Waals surface area contributed by atoms with Crippen LogP contribution in [0.2, 0.25) is 0 Å². The molecule has 7 heteroatoms. The Morgan fingerprint density at radius 2 is 1.87 bits per heavy atom. The average molecular weight is 438 g/mol. The molecule has 0 saturated carbocycles. The topological polar surface area (TPSA) is 71.5 Å². The highest BCUT2D eigenvalue weighted by atomic mass is 32.1. The van der Waals surface area contributed by atoms with Gasteiger partial charge in [0.05, 0.1) is 18.5 Å². The van der Waals surface area contributed by atoms with Crippen LogP contribution in [0.4, 0.5) is 5.69 Å². The number of methoxy groups -OCH3 is 1. The molecule has 0 saturated heterocycles. The molecule has 1 aromatic heterocycles. The second kappa shape index (κ2) is 9.75. The summed E-state index contributed by atoms with van der Waals surface area (Å²) in [6.45, 7) is 8.14. The van der Waals surface area contributed by atoms with Crippen molar-refractivity contribution in [3.05, 3.63) is 64.2 Å². The summed E-state index contributed by atoms with van der Waals surface area (Å²) in [6, 6.07) is 13.4. The van der Waals surface area contributed by atoms with Crippen molar-refractivity contribution in [2.45, 2.75) is 27.7 Å². The molecule has 2 aromatic carbocycles. The summed E-state index contributed by atoms with van der Waals surface area (Å²) in [6.07, 6.45) is 0. The summed E-state index contributed by atoms with van der Waals surface area (Å²) in [5.74, 6) is 0.0989. The van der Waals surface area contributed by atoms with Gasteiger partial charge in [-0.3, -0.25) is 9.59 Å². The lowest BCUT2D eigenvalue weighted by Gasteiger charge is -2.20. The maximum atomic E-state index is 13.2. The van der Waals surface area contributed by atoms with Gasteiger partial charge < -0.3 is 15.0 Å². The Morgan fingerprint density at radius 3 is 2.55 bits per heavy atom. The number of carbonyl (C=O) groups is 2. The second-order valence-electron chi connectivity index (χ2n) is 7.32. The number of thiazole rings is 1. The van der Waals surface area contributed by atoms with E-state index in [9.17, 15) is 9.59 Å². The summed E-state index contributed by atoms with van der Waals surface area (Å²) < 4.78 is 5.27. The van der Waals surface area contributed by atoms with Crippen LogP contribution in [0, 0.1) is 20.8 Å². The number of carbonyl (C=O) groups excluding carboxylic acids is 2. The Bertz CT molecular complexity index is 1110. The van der Waals surface area contributed by atoms with Gasteiger partial charge in [-0.25, -0.2) is 4.98 Å². The molecule has 2 amide bonds. The van der Waals surface area contributed by atoms with Gasteiger partial charge in [-0.05, 0) is 45.4 Å². The molecule has 0 fully saturated rings. The zero-order valence-electron chi connectivity index (χ0n) is 18.5. The Labute approximate surface area is 186 Å². The van der Waals surface area contributed by atoms with Crippen molar-refractivity contribution in [2.75, 3.05) is 25.5 Å². The first-order valence-corrected chi connectivity index (χ1v) is 10.9. The van der Waals surface area contributed by atoms with Crippen LogP contribution < -0.4 is 10.1 Å². The highest BCUT2D eigenvalue weighted by Gasteiger charge is 2.23. The van der Waals surface area contributed by atoms with Crippen molar-refractivity contribution in [1.82, 2.24) is 9.88 Å². The van der Waals surface area contributed by atoms with Gasteiger partial charge in [0.25, 0.3) is 5.91 Å². The number of para-hydroxylation sites is 2. The van der Waals surface area contributed by atoms with E-state index in [1.54, 1.807) is 19.2 Å². The van der Waals surface area contributed by atoms with Crippen molar-refractivity contribution in [3.63, 3.8) is 0 Å². The number of nitrogens with one attached hydrogen (secondary N) is 1. The lowest BCUT2D eigenvalue weighted by Crippen LogP contribution is -2.37. The molecular formula is C24H27N3O3S. The maximum Gasteiger partial charge on any atom is 0.266 e. The van der Waals surface area contributed by atoms with Crippen LogP contribution in [0.1, 0.15) is 33.4 Å². The third-order valence-electron chi connectivity index (χ3n) is 4.99. The zero-order valence-corrected chi connectivity index (χ0v) is 19.3. The van der Waals surface area contributed by atoms with Crippen molar-refractivity contribution < 1.29 is 14.3 Å². The van der Waals surface area contributed by atoms with Crippen LogP contribution in [0.25, 0.3) is 10.6 Å². The standard InChI is InChI=1S/C24H27N3O3S/c1-6-27(14-21(28)26-19-9-7-8-10-20(19)30-5)24(29)22-17(4)25-23(31-22)18-12-11-15(2)13-16(18)3/h7-13H,6,14H2,1-5H3,(H,26,28). The molecule has 1 heterocycles. The molecule has 3 aromatic rings. The van der Waals surface area contributed by atoms with Gasteiger partial charge in [0.15, 0.2) is 0 Å². The monoisotopic (exact) mass is 437 g/mol. The average Bonchev–Trinajstić information content (AvgIpc) is 3.13. The largest absolute Gasteiger partial charge is 0.495 e. The van der Waals surface area contributed by atoms with Crippen molar-refractivity contribution in [2.24, 2.45) is 0 Å². The normalized spacial score (nSPS) is 10.6. The summed E-state index contributed by atoms with van der Waals surface area (Å²) in [7, 11) is 1.55. The molecule has 162 valence electrons. The maximum absolute atomic E-state index is 13.2. The number of benzene rings is 2. The lowest BCUT2D eigenvalue weighted by molar-refractivity contribution is -0.116. The molecule has 3 rings (SSSR count). The van der Waals surface area contributed by atoms with Crippen molar-refractivity contribution in [1.29, 1.82) is 0 Å². The third-order valence-corrected chi connectivity index (χ3v) is 6.17. The fraction of sp³-hybridized carbons (Fsp3) is 0.292. The number of rotatable bonds is 7. The second-order valence-corrected chi connectivity index (χ2v) is 8.32. The van der Waals surface area contributed by atoms with E-state index in [0.717, 1.165) is 16.1 Å². The predicted octanol–water partition coefficient (Wildman–Crippen LogP) is 4.84. The molecule has 1 N–H and O–H groups in total. The van der Waals surface area contributed by atoms with Crippen molar-refractivity contribution in [3.8, 4) is 16.3 Å². The molecule has 0 bridgehead atoms. The first-order valence-electron chi connectivity index (χ1n) is 10.1. The first-order chi connectivity index (χ1) is 14.8. The SMILES string of the molecule is CCN(CC(=O)Nc1ccccc1OC)C(=O)c1sc(-c2ccc(C)cc2C)nc1C. The van der Waals surface area contributed by atoms with E-state index in [2.05, 4.69) is 16.4 Å². The van der Waals surface area contributed by atoms with E-state index in [0.29, 0.717) is 28.6 Å². The summed E-state index contributed by atoms with van der Waals surface area (Å²) in [5.41, 5.74) is 4.58. The number of aryl methyl sites for hydroxylation is 3. The van der Waals surface area contributed by atoms with Gasteiger partial charge in [0.2, 0.25) is 5.91 Å². The highest BCUT2D eigenvalue weighted by Crippen LogP contribution is 2.31. The number of ether oxygens (including phenoxy) is 1. The minimum absolute atomic E-state index is 0.0520. The number of aromatic nitrogens is 1. The molecule has 0 atom stereocenters. The molecule has 6 nitrogen and oxygen atoms in total. The zero-order chi connectivity index (χ0) is 22.5. The quantitative estimate of drug-likeness (QED) is 0.574. The van der Waals surface area contributed by atoms with Gasteiger partial charge in [0, 0.05) is 12.1 Å². The molecule has 0 aliphatic rings. The van der Waals surface area contributed by atoms with Gasteiger partial charge >= 0.3 is 0 Å². The van der Waals surface area contributed by atoms with Crippen LogP contribution in [-0.2, 0) is 4.79 Å². The molecule has 0 radical (unpaired) electrons. The third kappa shape index (κ3) is 5.11. The minimum atomic E-state index is -0.281. The summed E-state index contributed by atoms with van der Waals surface area (Å²) in [5, 5.41) is 3.63. The number of likely N-dealkylation sites (N-methyl/N-ethyl adjacent to an activating group) is 1. The summed E-state index contributed by atoms with van der Waals surface area (Å²) >= 11 is 1.37. The molecule has 0 spiro atoms.